The second kappa shape index (κ2) is 4.78. The van der Waals surface area contributed by atoms with Gasteiger partial charge < -0.3 is 10.1 Å². The first-order valence-corrected chi connectivity index (χ1v) is 5.46. The zero-order valence-corrected chi connectivity index (χ0v) is 9.43. The maximum atomic E-state index is 11.7. The van der Waals surface area contributed by atoms with Crippen LogP contribution >= 0.6 is 0 Å². The average molecular weight is 199 g/mol. The summed E-state index contributed by atoms with van der Waals surface area (Å²) in [6.07, 6.45) is 5.89. The van der Waals surface area contributed by atoms with E-state index < -0.39 is 5.54 Å². The lowest BCUT2D eigenvalue weighted by Crippen LogP contribution is -2.47. The van der Waals surface area contributed by atoms with Gasteiger partial charge in [-0.25, -0.2) is 0 Å². The molecule has 82 valence electrons. The molecule has 0 heterocycles. The Morgan fingerprint density at radius 1 is 1.29 bits per heavy atom. The largest absolute Gasteiger partial charge is 0.461 e. The molecule has 1 aliphatic rings. The van der Waals surface area contributed by atoms with Gasteiger partial charge in [0.1, 0.15) is 11.6 Å². The van der Waals surface area contributed by atoms with Crippen molar-refractivity contribution in [1.82, 2.24) is 5.32 Å². The van der Waals surface area contributed by atoms with Crippen molar-refractivity contribution < 1.29 is 9.53 Å². The van der Waals surface area contributed by atoms with Crippen molar-refractivity contribution >= 4 is 5.97 Å². The van der Waals surface area contributed by atoms with E-state index in [-0.39, 0.29) is 12.1 Å². The summed E-state index contributed by atoms with van der Waals surface area (Å²) >= 11 is 0. The molecule has 0 aliphatic heterocycles. The minimum Gasteiger partial charge on any atom is -0.461 e. The summed E-state index contributed by atoms with van der Waals surface area (Å²) in [5, 5.41) is 2.96. The van der Waals surface area contributed by atoms with E-state index >= 15 is 0 Å². The molecule has 3 heteroatoms. The monoisotopic (exact) mass is 199 g/mol. The SMILES string of the molecule is CNC(C)(C)C(=O)OC1CCCCC1. The fraction of sp³-hybridized carbons (Fsp3) is 0.909. The summed E-state index contributed by atoms with van der Waals surface area (Å²) in [6.45, 7) is 3.69. The van der Waals surface area contributed by atoms with E-state index in [1.165, 1.54) is 19.3 Å². The Labute approximate surface area is 86.2 Å². The van der Waals surface area contributed by atoms with Crippen LogP contribution in [0, 0.1) is 0 Å². The minimum atomic E-state index is -0.558. The number of carbonyl (C=O) groups is 1. The third kappa shape index (κ3) is 2.98. The quantitative estimate of drug-likeness (QED) is 0.705. The standard InChI is InChI=1S/C11H21NO2/c1-11(2,12-3)10(13)14-9-7-5-4-6-8-9/h9,12H,4-8H2,1-3H3. The highest BCUT2D eigenvalue weighted by molar-refractivity contribution is 5.79. The second-order valence-corrected chi connectivity index (χ2v) is 4.54. The van der Waals surface area contributed by atoms with Gasteiger partial charge in [0.05, 0.1) is 0 Å². The number of hydrogen-bond acceptors (Lipinski definition) is 3. The van der Waals surface area contributed by atoms with Gasteiger partial charge in [-0.3, -0.25) is 4.79 Å². The van der Waals surface area contributed by atoms with Crippen molar-refractivity contribution in [3.8, 4) is 0 Å². The zero-order valence-electron chi connectivity index (χ0n) is 9.43. The van der Waals surface area contributed by atoms with Gasteiger partial charge in [-0.2, -0.15) is 0 Å². The van der Waals surface area contributed by atoms with E-state index in [4.69, 9.17) is 4.74 Å². The van der Waals surface area contributed by atoms with Crippen LogP contribution in [0.1, 0.15) is 46.0 Å². The third-order valence-corrected chi connectivity index (χ3v) is 2.96. The van der Waals surface area contributed by atoms with Crippen molar-refractivity contribution in [2.24, 2.45) is 0 Å². The van der Waals surface area contributed by atoms with E-state index in [0.717, 1.165) is 12.8 Å². The summed E-state index contributed by atoms with van der Waals surface area (Å²) in [7, 11) is 1.78. The molecule has 0 radical (unpaired) electrons. The Bertz CT molecular complexity index is 195. The van der Waals surface area contributed by atoms with Gasteiger partial charge in [-0.05, 0) is 46.6 Å². The molecule has 0 aromatic heterocycles. The van der Waals surface area contributed by atoms with Gasteiger partial charge >= 0.3 is 5.97 Å². The predicted octanol–water partition coefficient (Wildman–Crippen LogP) is 1.86. The molecule has 0 bridgehead atoms. The lowest BCUT2D eigenvalue weighted by Gasteiger charge is -2.27. The van der Waals surface area contributed by atoms with Crippen LogP contribution in [0.2, 0.25) is 0 Å². The highest BCUT2D eigenvalue weighted by Gasteiger charge is 2.29. The molecule has 0 atom stereocenters. The summed E-state index contributed by atoms with van der Waals surface area (Å²) in [6, 6.07) is 0. The molecule has 0 spiro atoms. The van der Waals surface area contributed by atoms with Crippen LogP contribution in [0.5, 0.6) is 0 Å². The first kappa shape index (κ1) is 11.5. The van der Waals surface area contributed by atoms with E-state index in [1.54, 1.807) is 7.05 Å². The Morgan fingerprint density at radius 2 is 1.86 bits per heavy atom. The van der Waals surface area contributed by atoms with Crippen LogP contribution in [0.3, 0.4) is 0 Å². The molecular formula is C11H21NO2. The van der Waals surface area contributed by atoms with Gasteiger partial charge in [-0.1, -0.05) is 6.42 Å². The Morgan fingerprint density at radius 3 is 2.36 bits per heavy atom. The molecule has 0 amide bonds. The minimum absolute atomic E-state index is 0.132. The molecule has 1 aliphatic carbocycles. The normalized spacial score (nSPS) is 19.4. The third-order valence-electron chi connectivity index (χ3n) is 2.96. The van der Waals surface area contributed by atoms with Crippen LogP contribution < -0.4 is 5.32 Å². The van der Waals surface area contributed by atoms with Crippen molar-refractivity contribution in [3.63, 3.8) is 0 Å². The van der Waals surface area contributed by atoms with E-state index in [2.05, 4.69) is 5.32 Å². The first-order chi connectivity index (χ1) is 6.56. The number of esters is 1. The number of carbonyl (C=O) groups excluding carboxylic acids is 1. The van der Waals surface area contributed by atoms with Gasteiger partial charge in [0, 0.05) is 0 Å². The Balaban J connectivity index is 2.39. The summed E-state index contributed by atoms with van der Waals surface area (Å²) < 4.78 is 5.45. The van der Waals surface area contributed by atoms with Gasteiger partial charge in [-0.15, -0.1) is 0 Å². The molecule has 0 aromatic rings. The van der Waals surface area contributed by atoms with Crippen LogP contribution in [0.4, 0.5) is 0 Å². The smallest absolute Gasteiger partial charge is 0.326 e. The predicted molar refractivity (Wildman–Crippen MR) is 56.1 cm³/mol. The summed E-state index contributed by atoms with van der Waals surface area (Å²) in [4.78, 5) is 11.7. The van der Waals surface area contributed by atoms with E-state index in [1.807, 2.05) is 13.8 Å². The van der Waals surface area contributed by atoms with Crippen molar-refractivity contribution in [1.29, 1.82) is 0 Å². The number of ether oxygens (including phenoxy) is 1. The van der Waals surface area contributed by atoms with Crippen LogP contribution in [-0.4, -0.2) is 24.7 Å². The van der Waals surface area contributed by atoms with Crippen molar-refractivity contribution in [3.05, 3.63) is 0 Å². The Hall–Kier alpha value is -0.570. The van der Waals surface area contributed by atoms with Crippen molar-refractivity contribution in [2.45, 2.75) is 57.6 Å². The lowest BCUT2D eigenvalue weighted by molar-refractivity contribution is -0.157. The molecule has 1 saturated carbocycles. The average Bonchev–Trinajstić information content (AvgIpc) is 2.19. The van der Waals surface area contributed by atoms with Crippen molar-refractivity contribution in [2.75, 3.05) is 7.05 Å². The second-order valence-electron chi connectivity index (χ2n) is 4.54. The Kier molecular flexibility index (Phi) is 3.93. The molecule has 1 fully saturated rings. The molecular weight excluding hydrogens is 178 g/mol. The number of rotatable bonds is 3. The molecule has 0 aromatic carbocycles. The number of likely N-dealkylation sites (N-methyl/N-ethyl adjacent to an activating group) is 1. The highest BCUT2D eigenvalue weighted by Crippen LogP contribution is 2.21. The summed E-state index contributed by atoms with van der Waals surface area (Å²) in [5.74, 6) is -0.132. The van der Waals surface area contributed by atoms with Gasteiger partial charge in [0.2, 0.25) is 0 Å². The fourth-order valence-electron chi connectivity index (χ4n) is 1.58. The molecule has 14 heavy (non-hydrogen) atoms. The first-order valence-electron chi connectivity index (χ1n) is 5.46. The molecule has 1 N–H and O–H groups in total. The van der Waals surface area contributed by atoms with E-state index in [0.29, 0.717) is 0 Å². The number of hydrogen-bond donors (Lipinski definition) is 1. The highest BCUT2D eigenvalue weighted by atomic mass is 16.5. The molecule has 1 rings (SSSR count). The topological polar surface area (TPSA) is 38.3 Å². The van der Waals surface area contributed by atoms with E-state index in [9.17, 15) is 4.79 Å². The lowest BCUT2D eigenvalue weighted by atomic mass is 9.97. The molecule has 0 saturated heterocycles. The van der Waals surface area contributed by atoms with Crippen LogP contribution in [0.25, 0.3) is 0 Å². The molecule has 0 unspecified atom stereocenters. The fourth-order valence-corrected chi connectivity index (χ4v) is 1.58. The molecule has 3 nitrogen and oxygen atoms in total. The zero-order chi connectivity index (χ0) is 10.6. The van der Waals surface area contributed by atoms with Crippen LogP contribution in [-0.2, 0) is 9.53 Å². The number of nitrogens with one attached hydrogen (secondary N) is 1. The summed E-state index contributed by atoms with van der Waals surface area (Å²) in [5.41, 5.74) is -0.558. The van der Waals surface area contributed by atoms with Crippen LogP contribution in [0.15, 0.2) is 0 Å². The maximum Gasteiger partial charge on any atom is 0.326 e. The maximum absolute atomic E-state index is 11.7. The van der Waals surface area contributed by atoms with Gasteiger partial charge in [0.25, 0.3) is 0 Å². The van der Waals surface area contributed by atoms with Gasteiger partial charge in [0.15, 0.2) is 0 Å².